The van der Waals surface area contributed by atoms with Crippen molar-refractivity contribution < 1.29 is 24.2 Å². The third kappa shape index (κ3) is 2.50. The lowest BCUT2D eigenvalue weighted by molar-refractivity contribution is -0.135. The van der Waals surface area contributed by atoms with Gasteiger partial charge in [0.05, 0.1) is 5.39 Å². The molecule has 0 bridgehead atoms. The molecule has 1 amide bonds. The standard InChI is InChI=1S/C12H8BrNO6/c13-6-3-1-2-5-8(6)9(12(19)20-11(5)18)10(17)14-4-7(15)16/h1-3,18H,4H2,(H,14,17)(H,15,16). The molecule has 20 heavy (non-hydrogen) atoms. The smallest absolute Gasteiger partial charge is 0.352 e. The van der Waals surface area contributed by atoms with Crippen molar-refractivity contribution in [1.82, 2.24) is 5.32 Å². The maximum atomic E-state index is 11.9. The van der Waals surface area contributed by atoms with E-state index in [1.54, 1.807) is 12.1 Å². The zero-order chi connectivity index (χ0) is 14.9. The predicted molar refractivity (Wildman–Crippen MR) is 71.8 cm³/mol. The molecule has 0 fully saturated rings. The van der Waals surface area contributed by atoms with E-state index in [1.807, 2.05) is 0 Å². The summed E-state index contributed by atoms with van der Waals surface area (Å²) in [5, 5.41) is 20.5. The fraction of sp³-hybridized carbons (Fsp3) is 0.0833. The lowest BCUT2D eigenvalue weighted by Gasteiger charge is -2.07. The topological polar surface area (TPSA) is 117 Å². The average molecular weight is 342 g/mol. The first-order valence-corrected chi connectivity index (χ1v) is 6.15. The largest absolute Gasteiger partial charge is 0.480 e. The number of rotatable bonds is 3. The Morgan fingerprint density at radius 2 is 2.05 bits per heavy atom. The van der Waals surface area contributed by atoms with Crippen molar-refractivity contribution >= 4 is 38.6 Å². The summed E-state index contributed by atoms with van der Waals surface area (Å²) in [7, 11) is 0. The quantitative estimate of drug-likeness (QED) is 0.768. The van der Waals surface area contributed by atoms with E-state index >= 15 is 0 Å². The molecule has 104 valence electrons. The Bertz CT molecular complexity index is 766. The summed E-state index contributed by atoms with van der Waals surface area (Å²) >= 11 is 3.18. The van der Waals surface area contributed by atoms with Gasteiger partial charge in [0.1, 0.15) is 12.1 Å². The number of halogens is 1. The number of fused-ring (bicyclic) bond motifs is 1. The Balaban J connectivity index is 2.66. The molecule has 0 aliphatic carbocycles. The van der Waals surface area contributed by atoms with Crippen LogP contribution in [0.4, 0.5) is 0 Å². The number of aliphatic carboxylic acids is 1. The molecule has 0 aliphatic rings. The number of carboxylic acids is 1. The van der Waals surface area contributed by atoms with Crippen LogP contribution in [0.3, 0.4) is 0 Å². The van der Waals surface area contributed by atoms with Crippen molar-refractivity contribution in [1.29, 1.82) is 0 Å². The van der Waals surface area contributed by atoms with Gasteiger partial charge in [0.2, 0.25) is 0 Å². The van der Waals surface area contributed by atoms with Crippen LogP contribution in [-0.2, 0) is 4.79 Å². The molecule has 1 heterocycles. The lowest BCUT2D eigenvalue weighted by Crippen LogP contribution is -2.32. The second-order valence-electron chi connectivity index (χ2n) is 3.81. The molecule has 3 N–H and O–H groups in total. The van der Waals surface area contributed by atoms with Crippen molar-refractivity contribution in [2.45, 2.75) is 0 Å². The highest BCUT2D eigenvalue weighted by Gasteiger charge is 2.21. The molecular formula is C12H8BrNO6. The second kappa shape index (κ2) is 5.33. The number of amides is 1. The Kier molecular flexibility index (Phi) is 3.75. The van der Waals surface area contributed by atoms with E-state index in [4.69, 9.17) is 5.11 Å². The van der Waals surface area contributed by atoms with Crippen LogP contribution in [0.15, 0.2) is 31.9 Å². The number of carboxylic acid groups (broad SMARTS) is 1. The molecule has 0 saturated carbocycles. The molecule has 2 aromatic rings. The molecule has 0 spiro atoms. The Labute approximate surface area is 120 Å². The maximum Gasteiger partial charge on any atom is 0.352 e. The van der Waals surface area contributed by atoms with Crippen molar-refractivity contribution in [3.05, 3.63) is 38.7 Å². The highest BCUT2D eigenvalue weighted by molar-refractivity contribution is 9.10. The van der Waals surface area contributed by atoms with Gasteiger partial charge in [0, 0.05) is 9.86 Å². The van der Waals surface area contributed by atoms with Crippen LogP contribution in [0.5, 0.6) is 5.95 Å². The molecule has 0 aliphatic heterocycles. The van der Waals surface area contributed by atoms with Gasteiger partial charge < -0.3 is 19.9 Å². The number of carbonyl (C=O) groups excluding carboxylic acids is 1. The first-order valence-electron chi connectivity index (χ1n) is 5.36. The van der Waals surface area contributed by atoms with E-state index in [0.717, 1.165) is 0 Å². The highest BCUT2D eigenvalue weighted by Crippen LogP contribution is 2.31. The van der Waals surface area contributed by atoms with Gasteiger partial charge in [-0.1, -0.05) is 22.0 Å². The molecule has 2 rings (SSSR count). The van der Waals surface area contributed by atoms with Crippen LogP contribution >= 0.6 is 15.9 Å². The maximum absolute atomic E-state index is 11.9. The van der Waals surface area contributed by atoms with Gasteiger partial charge in [0.25, 0.3) is 11.9 Å². The van der Waals surface area contributed by atoms with Crippen LogP contribution in [-0.4, -0.2) is 28.6 Å². The van der Waals surface area contributed by atoms with Gasteiger partial charge in [-0.25, -0.2) is 4.79 Å². The van der Waals surface area contributed by atoms with E-state index in [2.05, 4.69) is 25.7 Å². The second-order valence-corrected chi connectivity index (χ2v) is 4.66. The molecule has 1 aromatic heterocycles. The van der Waals surface area contributed by atoms with Gasteiger partial charge in [0.15, 0.2) is 0 Å². The highest BCUT2D eigenvalue weighted by atomic mass is 79.9. The zero-order valence-corrected chi connectivity index (χ0v) is 11.4. The molecule has 7 nitrogen and oxygen atoms in total. The minimum atomic E-state index is -1.25. The fourth-order valence-electron chi connectivity index (χ4n) is 1.70. The molecule has 8 heteroatoms. The number of hydrogen-bond acceptors (Lipinski definition) is 5. The van der Waals surface area contributed by atoms with E-state index in [-0.39, 0.29) is 16.3 Å². The van der Waals surface area contributed by atoms with E-state index < -0.39 is 30.0 Å². The SMILES string of the molecule is O=C(O)CNC(=O)c1c(=O)oc(O)c2cccc(Br)c12. The van der Waals surface area contributed by atoms with Crippen LogP contribution in [0.2, 0.25) is 0 Å². The Hall–Kier alpha value is -2.35. The summed E-state index contributed by atoms with van der Waals surface area (Å²) in [6.45, 7) is -0.634. The summed E-state index contributed by atoms with van der Waals surface area (Å²) in [5.41, 5.74) is -1.42. The molecule has 0 atom stereocenters. The summed E-state index contributed by atoms with van der Waals surface area (Å²) in [5.74, 6) is -2.75. The summed E-state index contributed by atoms with van der Waals surface area (Å²) in [6, 6.07) is 4.63. The van der Waals surface area contributed by atoms with Gasteiger partial charge in [-0.3, -0.25) is 9.59 Å². The van der Waals surface area contributed by atoms with Crippen LogP contribution in [0.25, 0.3) is 10.8 Å². The number of nitrogens with one attached hydrogen (secondary N) is 1. The molecule has 0 unspecified atom stereocenters. The normalized spacial score (nSPS) is 10.4. The minimum Gasteiger partial charge on any atom is -0.480 e. The summed E-state index contributed by atoms with van der Waals surface area (Å²) in [4.78, 5) is 34.1. The molecule has 0 radical (unpaired) electrons. The molecule has 1 aromatic carbocycles. The summed E-state index contributed by atoms with van der Waals surface area (Å²) < 4.78 is 4.98. The Morgan fingerprint density at radius 3 is 2.70 bits per heavy atom. The van der Waals surface area contributed by atoms with Gasteiger partial charge in [-0.05, 0) is 12.1 Å². The number of hydrogen-bond donors (Lipinski definition) is 3. The van der Waals surface area contributed by atoms with Crippen LogP contribution in [0, 0.1) is 0 Å². The molecular weight excluding hydrogens is 334 g/mol. The van der Waals surface area contributed by atoms with E-state index in [9.17, 15) is 19.5 Å². The minimum absolute atomic E-state index is 0.157. The van der Waals surface area contributed by atoms with Crippen molar-refractivity contribution in [2.75, 3.05) is 6.54 Å². The number of carbonyl (C=O) groups is 2. The first kappa shape index (κ1) is 14.1. The van der Waals surface area contributed by atoms with Crippen LogP contribution < -0.4 is 10.9 Å². The molecule has 0 saturated heterocycles. The first-order chi connectivity index (χ1) is 9.41. The Morgan fingerprint density at radius 1 is 1.35 bits per heavy atom. The van der Waals surface area contributed by atoms with Gasteiger partial charge >= 0.3 is 11.6 Å². The number of aromatic hydroxyl groups is 1. The predicted octanol–water partition coefficient (Wildman–Crippen LogP) is 1.08. The summed E-state index contributed by atoms with van der Waals surface area (Å²) in [6.07, 6.45) is 0. The number of benzene rings is 1. The fourth-order valence-corrected chi connectivity index (χ4v) is 2.27. The van der Waals surface area contributed by atoms with Gasteiger partial charge in [-0.15, -0.1) is 0 Å². The third-order valence-electron chi connectivity index (χ3n) is 2.51. The third-order valence-corrected chi connectivity index (χ3v) is 3.18. The van der Waals surface area contributed by atoms with Crippen LogP contribution in [0.1, 0.15) is 10.4 Å². The van der Waals surface area contributed by atoms with Crippen molar-refractivity contribution in [2.24, 2.45) is 0 Å². The van der Waals surface area contributed by atoms with Crippen molar-refractivity contribution in [3.63, 3.8) is 0 Å². The zero-order valence-electron chi connectivity index (χ0n) is 9.84. The van der Waals surface area contributed by atoms with Crippen molar-refractivity contribution in [3.8, 4) is 5.95 Å². The van der Waals surface area contributed by atoms with E-state index in [1.165, 1.54) is 6.07 Å². The van der Waals surface area contributed by atoms with E-state index in [0.29, 0.717) is 4.47 Å². The average Bonchev–Trinajstić information content (AvgIpc) is 2.37. The van der Waals surface area contributed by atoms with Gasteiger partial charge in [-0.2, -0.15) is 0 Å². The lowest BCUT2D eigenvalue weighted by atomic mass is 10.1. The monoisotopic (exact) mass is 341 g/mol.